The second kappa shape index (κ2) is 4.28. The number of benzene rings is 1. The fourth-order valence-corrected chi connectivity index (χ4v) is 1.26. The molecule has 0 fully saturated rings. The lowest BCUT2D eigenvalue weighted by atomic mass is 10.1. The summed E-state index contributed by atoms with van der Waals surface area (Å²) in [6.07, 6.45) is -0.449. The maximum Gasteiger partial charge on any atom is 0.308 e. The number of ether oxygens (including phenoxy) is 1. The summed E-state index contributed by atoms with van der Waals surface area (Å²) in [7, 11) is 1.34. The van der Waals surface area contributed by atoms with Crippen molar-refractivity contribution in [2.75, 3.05) is 7.11 Å². The van der Waals surface area contributed by atoms with Crippen molar-refractivity contribution in [1.82, 2.24) is 0 Å². The molecule has 0 aliphatic rings. The van der Waals surface area contributed by atoms with E-state index in [9.17, 15) is 9.18 Å². The van der Waals surface area contributed by atoms with E-state index in [4.69, 9.17) is 21.4 Å². The van der Waals surface area contributed by atoms with Crippen LogP contribution in [0.3, 0.4) is 0 Å². The van der Waals surface area contributed by atoms with Gasteiger partial charge in [0.25, 0.3) is 0 Å². The molecule has 0 saturated carbocycles. The van der Waals surface area contributed by atoms with Crippen molar-refractivity contribution in [2.45, 2.75) is 6.42 Å². The number of hydrogen-bond donors (Lipinski definition) is 1. The summed E-state index contributed by atoms with van der Waals surface area (Å²) in [5.74, 6) is -1.69. The third-order valence-corrected chi connectivity index (χ3v) is 1.99. The number of carbonyl (C=O) groups is 1. The number of aliphatic carboxylic acids is 1. The Bertz CT molecular complexity index is 365. The highest BCUT2D eigenvalue weighted by molar-refractivity contribution is 6.30. The number of rotatable bonds is 3. The first-order valence-corrected chi connectivity index (χ1v) is 4.16. The molecule has 3 nitrogen and oxygen atoms in total. The van der Waals surface area contributed by atoms with Gasteiger partial charge in [-0.15, -0.1) is 0 Å². The second-order valence-corrected chi connectivity index (χ2v) is 3.02. The zero-order valence-corrected chi connectivity index (χ0v) is 8.14. The summed E-state index contributed by atoms with van der Waals surface area (Å²) in [6, 6.07) is 2.75. The van der Waals surface area contributed by atoms with E-state index in [2.05, 4.69) is 0 Å². The van der Waals surface area contributed by atoms with E-state index in [0.717, 1.165) is 0 Å². The first kappa shape index (κ1) is 10.8. The maximum absolute atomic E-state index is 13.3. The van der Waals surface area contributed by atoms with Crippen molar-refractivity contribution >= 4 is 17.6 Å². The average molecular weight is 219 g/mol. The minimum absolute atomic E-state index is 0.0347. The van der Waals surface area contributed by atoms with Gasteiger partial charge < -0.3 is 9.84 Å². The molecule has 0 aromatic heterocycles. The molecule has 1 rings (SSSR count). The minimum Gasteiger partial charge on any atom is -0.496 e. The van der Waals surface area contributed by atoms with Crippen LogP contribution in [0.2, 0.25) is 5.02 Å². The van der Waals surface area contributed by atoms with Crippen molar-refractivity contribution in [3.05, 3.63) is 28.5 Å². The Morgan fingerprint density at radius 1 is 1.64 bits per heavy atom. The van der Waals surface area contributed by atoms with Crippen LogP contribution >= 0.6 is 11.6 Å². The Hall–Kier alpha value is -1.29. The quantitative estimate of drug-likeness (QED) is 0.845. The molecule has 0 atom stereocenters. The van der Waals surface area contributed by atoms with E-state index in [-0.39, 0.29) is 16.3 Å². The van der Waals surface area contributed by atoms with Gasteiger partial charge in [0.15, 0.2) is 0 Å². The lowest BCUT2D eigenvalue weighted by Gasteiger charge is -2.08. The van der Waals surface area contributed by atoms with Crippen LogP contribution in [0, 0.1) is 5.82 Å². The average Bonchev–Trinajstić information content (AvgIpc) is 2.13. The highest BCUT2D eigenvalue weighted by Crippen LogP contribution is 2.27. The summed E-state index contributed by atoms with van der Waals surface area (Å²) in [4.78, 5) is 10.4. The van der Waals surface area contributed by atoms with Crippen molar-refractivity contribution in [2.24, 2.45) is 0 Å². The molecule has 1 aromatic carbocycles. The number of carboxylic acids is 1. The second-order valence-electron chi connectivity index (χ2n) is 2.61. The number of hydrogen-bond acceptors (Lipinski definition) is 2. The van der Waals surface area contributed by atoms with E-state index >= 15 is 0 Å². The van der Waals surface area contributed by atoms with E-state index in [1.54, 1.807) is 0 Å². The summed E-state index contributed by atoms with van der Waals surface area (Å²) in [6.45, 7) is 0. The first-order valence-electron chi connectivity index (χ1n) is 3.79. The highest BCUT2D eigenvalue weighted by atomic mass is 35.5. The van der Waals surface area contributed by atoms with Crippen LogP contribution in [0.15, 0.2) is 12.1 Å². The van der Waals surface area contributed by atoms with Crippen molar-refractivity contribution in [3.8, 4) is 5.75 Å². The largest absolute Gasteiger partial charge is 0.496 e. The van der Waals surface area contributed by atoms with Crippen molar-refractivity contribution in [1.29, 1.82) is 0 Å². The molecule has 14 heavy (non-hydrogen) atoms. The van der Waals surface area contributed by atoms with Crippen LogP contribution in [-0.2, 0) is 11.2 Å². The van der Waals surface area contributed by atoms with E-state index < -0.39 is 18.2 Å². The summed E-state index contributed by atoms with van der Waals surface area (Å²) < 4.78 is 18.2. The fourth-order valence-electron chi connectivity index (χ4n) is 1.08. The Morgan fingerprint density at radius 3 is 2.79 bits per heavy atom. The van der Waals surface area contributed by atoms with Gasteiger partial charge in [0.1, 0.15) is 11.6 Å². The van der Waals surface area contributed by atoms with Crippen molar-refractivity contribution < 1.29 is 19.0 Å². The van der Waals surface area contributed by atoms with Crippen LogP contribution in [-0.4, -0.2) is 18.2 Å². The van der Waals surface area contributed by atoms with Gasteiger partial charge in [0.2, 0.25) is 0 Å². The molecule has 0 amide bonds. The number of methoxy groups -OCH3 is 1. The molecule has 5 heteroatoms. The molecule has 0 aliphatic heterocycles. The fraction of sp³-hybridized carbons (Fsp3) is 0.222. The molecular formula is C9H8ClFO3. The van der Waals surface area contributed by atoms with Crippen LogP contribution in [0.5, 0.6) is 5.75 Å². The zero-order chi connectivity index (χ0) is 10.7. The van der Waals surface area contributed by atoms with Crippen LogP contribution < -0.4 is 4.74 Å². The molecule has 0 radical (unpaired) electrons. The van der Waals surface area contributed by atoms with Crippen LogP contribution in [0.25, 0.3) is 0 Å². The minimum atomic E-state index is -1.13. The first-order chi connectivity index (χ1) is 6.56. The molecule has 0 spiro atoms. The smallest absolute Gasteiger partial charge is 0.308 e. The van der Waals surface area contributed by atoms with Gasteiger partial charge in [-0.05, 0) is 12.1 Å². The molecular weight excluding hydrogens is 211 g/mol. The molecule has 0 saturated heterocycles. The van der Waals surface area contributed by atoms with Gasteiger partial charge >= 0.3 is 5.97 Å². The van der Waals surface area contributed by atoms with Gasteiger partial charge in [-0.1, -0.05) is 11.6 Å². The molecule has 0 unspecified atom stereocenters. The lowest BCUT2D eigenvalue weighted by molar-refractivity contribution is -0.136. The van der Waals surface area contributed by atoms with Gasteiger partial charge in [0, 0.05) is 5.56 Å². The summed E-state index contributed by atoms with van der Waals surface area (Å²) >= 11 is 5.50. The van der Waals surface area contributed by atoms with Crippen molar-refractivity contribution in [3.63, 3.8) is 0 Å². The summed E-state index contributed by atoms with van der Waals surface area (Å²) in [5, 5.41) is 8.43. The molecule has 1 aromatic rings. The van der Waals surface area contributed by atoms with Gasteiger partial charge in [-0.2, -0.15) is 0 Å². The molecule has 76 valence electrons. The standard InChI is InChI=1S/C9H8ClFO3/c1-14-7-3-2-6(10)9(11)5(7)4-8(12)13/h2-3H,4H2,1H3,(H,12,13). The van der Waals surface area contributed by atoms with E-state index in [1.165, 1.54) is 19.2 Å². The topological polar surface area (TPSA) is 46.5 Å². The highest BCUT2D eigenvalue weighted by Gasteiger charge is 2.15. The zero-order valence-electron chi connectivity index (χ0n) is 7.38. The Labute approximate surface area is 85.1 Å². The SMILES string of the molecule is COc1ccc(Cl)c(F)c1CC(=O)O. The predicted molar refractivity (Wildman–Crippen MR) is 49.3 cm³/mol. The molecule has 0 aliphatic carbocycles. The lowest BCUT2D eigenvalue weighted by Crippen LogP contribution is -2.05. The Balaban J connectivity index is 3.20. The monoisotopic (exact) mass is 218 g/mol. The Kier molecular flexibility index (Phi) is 3.30. The number of carboxylic acid groups (broad SMARTS) is 1. The van der Waals surface area contributed by atoms with Crippen LogP contribution in [0.4, 0.5) is 4.39 Å². The molecule has 1 N–H and O–H groups in total. The normalized spacial score (nSPS) is 9.93. The molecule has 0 bridgehead atoms. The predicted octanol–water partition coefficient (Wildman–Crippen LogP) is 2.11. The number of halogens is 2. The Morgan fingerprint density at radius 2 is 2.29 bits per heavy atom. The van der Waals surface area contributed by atoms with E-state index in [1.807, 2.05) is 0 Å². The van der Waals surface area contributed by atoms with Crippen LogP contribution in [0.1, 0.15) is 5.56 Å². The molecule has 0 heterocycles. The third kappa shape index (κ3) is 2.14. The summed E-state index contributed by atoms with van der Waals surface area (Å²) in [5.41, 5.74) is -0.0347. The maximum atomic E-state index is 13.3. The van der Waals surface area contributed by atoms with Gasteiger partial charge in [0.05, 0.1) is 18.6 Å². The van der Waals surface area contributed by atoms with Gasteiger partial charge in [-0.25, -0.2) is 4.39 Å². The van der Waals surface area contributed by atoms with Gasteiger partial charge in [-0.3, -0.25) is 4.79 Å². The van der Waals surface area contributed by atoms with E-state index in [0.29, 0.717) is 0 Å². The third-order valence-electron chi connectivity index (χ3n) is 1.70.